The van der Waals surface area contributed by atoms with Gasteiger partial charge in [-0.1, -0.05) is 59.1 Å². The SMILES string of the molecule is Cc1ccccc1CN(CC(=O)Nc1cc(Cl)ccc1Cl)S(=O)(=O)c1ccc(Cl)cc1. The number of amides is 1. The van der Waals surface area contributed by atoms with Gasteiger partial charge in [0.1, 0.15) is 0 Å². The summed E-state index contributed by atoms with van der Waals surface area (Å²) in [5.74, 6) is -0.546. The van der Waals surface area contributed by atoms with E-state index in [9.17, 15) is 13.2 Å². The van der Waals surface area contributed by atoms with E-state index < -0.39 is 22.5 Å². The molecule has 0 aliphatic carbocycles. The van der Waals surface area contributed by atoms with Gasteiger partial charge in [-0.05, 0) is 60.5 Å². The Balaban J connectivity index is 1.91. The predicted molar refractivity (Wildman–Crippen MR) is 125 cm³/mol. The number of rotatable bonds is 7. The maximum Gasteiger partial charge on any atom is 0.243 e. The highest BCUT2D eigenvalue weighted by Gasteiger charge is 2.27. The van der Waals surface area contributed by atoms with Gasteiger partial charge in [-0.3, -0.25) is 4.79 Å². The highest BCUT2D eigenvalue weighted by atomic mass is 35.5. The summed E-state index contributed by atoms with van der Waals surface area (Å²) in [6, 6.07) is 17.8. The Hall–Kier alpha value is -2.09. The average molecular weight is 498 g/mol. The lowest BCUT2D eigenvalue weighted by Gasteiger charge is -2.23. The number of anilines is 1. The van der Waals surface area contributed by atoms with Crippen molar-refractivity contribution in [2.45, 2.75) is 18.4 Å². The average Bonchev–Trinajstić information content (AvgIpc) is 2.72. The summed E-state index contributed by atoms with van der Waals surface area (Å²) in [5, 5.41) is 3.74. The number of aryl methyl sites for hydroxylation is 1. The lowest BCUT2D eigenvalue weighted by atomic mass is 10.1. The molecule has 9 heteroatoms. The van der Waals surface area contributed by atoms with Crippen molar-refractivity contribution < 1.29 is 13.2 Å². The Labute approximate surface area is 196 Å². The van der Waals surface area contributed by atoms with E-state index in [2.05, 4.69) is 5.32 Å². The van der Waals surface area contributed by atoms with Crippen LogP contribution in [0.3, 0.4) is 0 Å². The molecule has 162 valence electrons. The van der Waals surface area contributed by atoms with Crippen molar-refractivity contribution in [3.05, 3.63) is 92.9 Å². The van der Waals surface area contributed by atoms with E-state index in [1.165, 1.54) is 30.3 Å². The third-order valence-electron chi connectivity index (χ3n) is 4.58. The predicted octanol–water partition coefficient (Wildman–Crippen LogP) is 5.78. The molecule has 0 bridgehead atoms. The van der Waals surface area contributed by atoms with Crippen LogP contribution in [0.2, 0.25) is 15.1 Å². The van der Waals surface area contributed by atoms with E-state index in [-0.39, 0.29) is 11.4 Å². The fourth-order valence-electron chi connectivity index (χ4n) is 2.90. The molecule has 0 saturated carbocycles. The van der Waals surface area contributed by atoms with Crippen LogP contribution in [0.4, 0.5) is 5.69 Å². The second kappa shape index (κ2) is 10.0. The minimum Gasteiger partial charge on any atom is -0.324 e. The first kappa shape index (κ1) is 23.6. The Morgan fingerprint density at radius 1 is 0.935 bits per heavy atom. The summed E-state index contributed by atoms with van der Waals surface area (Å²) in [6.07, 6.45) is 0. The van der Waals surface area contributed by atoms with Crippen LogP contribution >= 0.6 is 34.8 Å². The van der Waals surface area contributed by atoms with Crippen molar-refractivity contribution in [3.8, 4) is 0 Å². The third kappa shape index (κ3) is 5.99. The van der Waals surface area contributed by atoms with Gasteiger partial charge in [-0.15, -0.1) is 0 Å². The first-order chi connectivity index (χ1) is 14.7. The molecule has 0 atom stereocenters. The van der Waals surface area contributed by atoms with Crippen LogP contribution < -0.4 is 5.32 Å². The molecule has 0 aliphatic rings. The van der Waals surface area contributed by atoms with Crippen LogP contribution in [0.15, 0.2) is 71.6 Å². The van der Waals surface area contributed by atoms with Crippen molar-refractivity contribution in [2.75, 3.05) is 11.9 Å². The van der Waals surface area contributed by atoms with Crippen molar-refractivity contribution in [1.29, 1.82) is 0 Å². The van der Waals surface area contributed by atoms with E-state index in [4.69, 9.17) is 34.8 Å². The van der Waals surface area contributed by atoms with Crippen molar-refractivity contribution >= 4 is 56.4 Å². The molecule has 3 aromatic carbocycles. The first-order valence-corrected chi connectivity index (χ1v) is 11.8. The molecule has 0 aliphatic heterocycles. The topological polar surface area (TPSA) is 66.5 Å². The van der Waals surface area contributed by atoms with Gasteiger partial charge in [-0.25, -0.2) is 8.42 Å². The van der Waals surface area contributed by atoms with Gasteiger partial charge in [0.25, 0.3) is 0 Å². The fraction of sp³-hybridized carbons (Fsp3) is 0.136. The van der Waals surface area contributed by atoms with E-state index in [0.29, 0.717) is 20.8 Å². The van der Waals surface area contributed by atoms with Crippen molar-refractivity contribution in [2.24, 2.45) is 0 Å². The largest absolute Gasteiger partial charge is 0.324 e. The minimum absolute atomic E-state index is 0.0222. The number of sulfonamides is 1. The molecule has 0 unspecified atom stereocenters. The van der Waals surface area contributed by atoms with Crippen LogP contribution in [-0.4, -0.2) is 25.2 Å². The standard InChI is InChI=1S/C22H19Cl3N2O3S/c1-15-4-2-3-5-16(15)13-27(31(29,30)19-9-6-17(23)7-10-19)14-22(28)26-21-12-18(24)8-11-20(21)25/h2-12H,13-14H2,1H3,(H,26,28). The number of carbonyl (C=O) groups excluding carboxylic acids is 1. The molecule has 0 radical (unpaired) electrons. The van der Waals surface area contributed by atoms with Gasteiger partial charge < -0.3 is 5.32 Å². The zero-order valence-corrected chi connectivity index (χ0v) is 19.6. The van der Waals surface area contributed by atoms with Gasteiger partial charge in [0, 0.05) is 16.6 Å². The van der Waals surface area contributed by atoms with Crippen LogP contribution in [0.5, 0.6) is 0 Å². The Morgan fingerprint density at radius 2 is 1.58 bits per heavy atom. The molecule has 3 rings (SSSR count). The maximum atomic E-state index is 13.3. The van der Waals surface area contributed by atoms with E-state index in [1.807, 2.05) is 31.2 Å². The molecule has 1 N–H and O–H groups in total. The van der Waals surface area contributed by atoms with Crippen LogP contribution in [0, 0.1) is 6.92 Å². The Bertz CT molecular complexity index is 1200. The van der Waals surface area contributed by atoms with Crippen molar-refractivity contribution in [3.63, 3.8) is 0 Å². The second-order valence-electron chi connectivity index (χ2n) is 6.83. The number of nitrogens with zero attached hydrogens (tertiary/aromatic N) is 1. The van der Waals surface area contributed by atoms with Crippen LogP contribution in [0.25, 0.3) is 0 Å². The Morgan fingerprint density at radius 3 is 2.26 bits per heavy atom. The number of nitrogens with one attached hydrogen (secondary N) is 1. The summed E-state index contributed by atoms with van der Waals surface area (Å²) >= 11 is 18.0. The molecule has 0 heterocycles. The molecule has 1 amide bonds. The number of carbonyl (C=O) groups is 1. The monoisotopic (exact) mass is 496 g/mol. The molecule has 0 aromatic heterocycles. The summed E-state index contributed by atoms with van der Waals surface area (Å²) in [7, 11) is -3.98. The lowest BCUT2D eigenvalue weighted by Crippen LogP contribution is -2.37. The molecular formula is C22H19Cl3N2O3S. The summed E-state index contributed by atoms with van der Waals surface area (Å²) in [4.78, 5) is 12.8. The molecule has 31 heavy (non-hydrogen) atoms. The van der Waals surface area contributed by atoms with Crippen LogP contribution in [0.1, 0.15) is 11.1 Å². The van der Waals surface area contributed by atoms with E-state index in [0.717, 1.165) is 15.4 Å². The third-order valence-corrected chi connectivity index (χ3v) is 7.20. The van der Waals surface area contributed by atoms with Gasteiger partial charge in [0.15, 0.2) is 0 Å². The summed E-state index contributed by atoms with van der Waals surface area (Å²) in [5.41, 5.74) is 2.00. The zero-order valence-electron chi connectivity index (χ0n) is 16.5. The number of hydrogen-bond donors (Lipinski definition) is 1. The highest BCUT2D eigenvalue weighted by molar-refractivity contribution is 7.89. The van der Waals surface area contributed by atoms with Gasteiger partial charge >= 0.3 is 0 Å². The molecule has 0 fully saturated rings. The van der Waals surface area contributed by atoms with Gasteiger partial charge in [0.05, 0.1) is 22.2 Å². The number of hydrogen-bond acceptors (Lipinski definition) is 3. The molecule has 3 aromatic rings. The summed E-state index contributed by atoms with van der Waals surface area (Å²) < 4.78 is 27.8. The molecule has 0 spiro atoms. The quantitative estimate of drug-likeness (QED) is 0.449. The van der Waals surface area contributed by atoms with Crippen molar-refractivity contribution in [1.82, 2.24) is 4.31 Å². The second-order valence-corrected chi connectivity index (χ2v) is 10.0. The minimum atomic E-state index is -3.98. The smallest absolute Gasteiger partial charge is 0.243 e. The van der Waals surface area contributed by atoms with E-state index >= 15 is 0 Å². The molecule has 0 saturated heterocycles. The first-order valence-electron chi connectivity index (χ1n) is 9.22. The molecule has 5 nitrogen and oxygen atoms in total. The van der Waals surface area contributed by atoms with Gasteiger partial charge in [0.2, 0.25) is 15.9 Å². The lowest BCUT2D eigenvalue weighted by molar-refractivity contribution is -0.116. The van der Waals surface area contributed by atoms with Crippen LogP contribution in [-0.2, 0) is 21.4 Å². The zero-order chi connectivity index (χ0) is 22.6. The molecular weight excluding hydrogens is 479 g/mol. The Kier molecular flexibility index (Phi) is 7.62. The van der Waals surface area contributed by atoms with Gasteiger partial charge in [-0.2, -0.15) is 4.31 Å². The number of benzene rings is 3. The fourth-order valence-corrected chi connectivity index (χ4v) is 4.74. The number of halogens is 3. The van der Waals surface area contributed by atoms with E-state index in [1.54, 1.807) is 12.1 Å². The summed E-state index contributed by atoms with van der Waals surface area (Å²) in [6.45, 7) is 1.49. The normalized spacial score (nSPS) is 11.5. The highest BCUT2D eigenvalue weighted by Crippen LogP contribution is 2.26. The maximum absolute atomic E-state index is 13.3.